The molecule has 0 aliphatic rings. The van der Waals surface area contributed by atoms with Crippen LogP contribution in [0.1, 0.15) is 27.9 Å². The van der Waals surface area contributed by atoms with E-state index in [2.05, 4.69) is 22.4 Å². The van der Waals surface area contributed by atoms with E-state index >= 15 is 0 Å². The maximum atomic E-state index is 12.6. The minimum atomic E-state index is -0.149. The predicted octanol–water partition coefficient (Wildman–Crippen LogP) is 4.70. The second kappa shape index (κ2) is 9.53. The number of thioether (sulfide) groups is 1. The summed E-state index contributed by atoms with van der Waals surface area (Å²) in [5.41, 5.74) is 1.88. The molecule has 1 aromatic heterocycles. The van der Waals surface area contributed by atoms with Crippen molar-refractivity contribution in [3.63, 3.8) is 0 Å². The third-order valence-corrected chi connectivity index (χ3v) is 5.76. The van der Waals surface area contributed by atoms with Crippen LogP contribution in [0.25, 0.3) is 0 Å². The van der Waals surface area contributed by atoms with Crippen LogP contribution >= 0.6 is 23.1 Å². The van der Waals surface area contributed by atoms with Crippen LogP contribution in [0.2, 0.25) is 0 Å². The maximum Gasteiger partial charge on any atom is 0.258 e. The van der Waals surface area contributed by atoms with Crippen LogP contribution in [0.4, 0.5) is 5.13 Å². The van der Waals surface area contributed by atoms with E-state index < -0.39 is 0 Å². The summed E-state index contributed by atoms with van der Waals surface area (Å²) in [4.78, 5) is 13.5. The van der Waals surface area contributed by atoms with Gasteiger partial charge in [-0.25, -0.2) is 0 Å². The van der Waals surface area contributed by atoms with Gasteiger partial charge in [0.2, 0.25) is 5.13 Å². The second-order valence-corrected chi connectivity index (χ2v) is 8.10. The lowest BCUT2D eigenvalue weighted by Gasteiger charge is -2.06. The number of aryl methyl sites for hydroxylation is 2. The van der Waals surface area contributed by atoms with Gasteiger partial charge in [-0.3, -0.25) is 10.1 Å². The molecule has 3 aromatic rings. The number of ether oxygens (including phenoxy) is 1. The van der Waals surface area contributed by atoms with Gasteiger partial charge in [-0.05, 0) is 42.0 Å². The summed E-state index contributed by atoms with van der Waals surface area (Å²) in [5, 5.41) is 12.6. The van der Waals surface area contributed by atoms with E-state index in [-0.39, 0.29) is 5.91 Å². The van der Waals surface area contributed by atoms with Crippen molar-refractivity contribution in [3.05, 3.63) is 64.7 Å². The van der Waals surface area contributed by atoms with Crippen molar-refractivity contribution in [2.75, 3.05) is 18.2 Å². The van der Waals surface area contributed by atoms with E-state index in [9.17, 15) is 4.79 Å². The highest BCUT2D eigenvalue weighted by molar-refractivity contribution is 7.99. The van der Waals surface area contributed by atoms with Gasteiger partial charge in [0.05, 0.1) is 12.7 Å². The number of hydrogen-bond donors (Lipinski definition) is 1. The van der Waals surface area contributed by atoms with Gasteiger partial charge in [0, 0.05) is 11.3 Å². The third kappa shape index (κ3) is 5.30. The Hall–Kier alpha value is -2.38. The summed E-state index contributed by atoms with van der Waals surface area (Å²) in [7, 11) is 1.66. The topological polar surface area (TPSA) is 64.1 Å². The Morgan fingerprint density at radius 3 is 2.63 bits per heavy atom. The molecule has 0 fully saturated rings. The molecule has 3 rings (SSSR count). The van der Waals surface area contributed by atoms with Crippen LogP contribution in [-0.4, -0.2) is 29.0 Å². The maximum absolute atomic E-state index is 12.6. The fourth-order valence-corrected chi connectivity index (χ4v) is 4.09. The quantitative estimate of drug-likeness (QED) is 0.557. The van der Waals surface area contributed by atoms with Crippen LogP contribution in [0.5, 0.6) is 5.75 Å². The summed E-state index contributed by atoms with van der Waals surface area (Å²) >= 11 is 3.07. The van der Waals surface area contributed by atoms with E-state index in [0.717, 1.165) is 34.2 Å². The lowest BCUT2D eigenvalue weighted by molar-refractivity contribution is 0.102. The zero-order chi connectivity index (χ0) is 19.1. The highest BCUT2D eigenvalue weighted by atomic mass is 32.2. The number of aromatic nitrogens is 2. The molecule has 0 aliphatic heterocycles. The van der Waals surface area contributed by atoms with E-state index in [1.54, 1.807) is 18.9 Å². The van der Waals surface area contributed by atoms with E-state index in [1.165, 1.54) is 16.9 Å². The molecule has 0 bridgehead atoms. The van der Waals surface area contributed by atoms with Gasteiger partial charge < -0.3 is 4.74 Å². The fraction of sp³-hybridized carbons (Fsp3) is 0.250. The Kier molecular flexibility index (Phi) is 6.84. The molecule has 140 valence electrons. The largest absolute Gasteiger partial charge is 0.497 e. The summed E-state index contributed by atoms with van der Waals surface area (Å²) in [6.07, 6.45) is 1.64. The van der Waals surface area contributed by atoms with Gasteiger partial charge in [0.25, 0.3) is 5.91 Å². The molecule has 7 heteroatoms. The van der Waals surface area contributed by atoms with E-state index in [0.29, 0.717) is 10.7 Å². The Morgan fingerprint density at radius 2 is 1.89 bits per heavy atom. The fourth-order valence-electron chi connectivity index (χ4n) is 2.55. The number of nitrogens with zero attached hydrogens (tertiary/aromatic N) is 2. The zero-order valence-corrected chi connectivity index (χ0v) is 16.9. The van der Waals surface area contributed by atoms with E-state index in [1.807, 2.05) is 48.5 Å². The standard InChI is InChI=1S/C20H21N3O2S2/c1-3-26-17-7-5-4-6-16(17)19(24)21-20-23-22-18(27-20)13-10-14-8-11-15(25-2)12-9-14/h4-9,11-12H,3,10,13H2,1-2H3,(H,21,23,24). The SMILES string of the molecule is CCSc1ccccc1C(=O)Nc1nnc(CCc2ccc(OC)cc2)s1. The highest BCUT2D eigenvalue weighted by Gasteiger charge is 2.13. The first kappa shape index (κ1) is 19.4. The van der Waals surface area contributed by atoms with Gasteiger partial charge in [0.1, 0.15) is 10.8 Å². The molecular formula is C20H21N3O2S2. The summed E-state index contributed by atoms with van der Waals surface area (Å²) in [5.74, 6) is 1.61. The number of amides is 1. The second-order valence-electron chi connectivity index (χ2n) is 5.73. The lowest BCUT2D eigenvalue weighted by atomic mass is 10.1. The molecule has 0 unspecified atom stereocenters. The summed E-state index contributed by atoms with van der Waals surface area (Å²) in [6.45, 7) is 2.07. The van der Waals surface area contributed by atoms with Crippen LogP contribution in [0.15, 0.2) is 53.4 Å². The molecule has 2 aromatic carbocycles. The number of methoxy groups -OCH3 is 1. The van der Waals surface area contributed by atoms with Gasteiger partial charge in [-0.1, -0.05) is 42.5 Å². The Balaban J connectivity index is 1.59. The van der Waals surface area contributed by atoms with Crippen LogP contribution in [0, 0.1) is 0 Å². The van der Waals surface area contributed by atoms with Crippen molar-refractivity contribution in [1.29, 1.82) is 0 Å². The molecule has 1 amide bonds. The third-order valence-electron chi connectivity index (χ3n) is 3.91. The predicted molar refractivity (Wildman–Crippen MR) is 111 cm³/mol. The van der Waals surface area contributed by atoms with Gasteiger partial charge >= 0.3 is 0 Å². The number of hydrogen-bond acceptors (Lipinski definition) is 6. The molecule has 5 nitrogen and oxygen atoms in total. The molecule has 0 radical (unpaired) electrons. The number of benzene rings is 2. The first-order valence-corrected chi connectivity index (χ1v) is 10.5. The van der Waals surface area contributed by atoms with Crippen molar-refractivity contribution < 1.29 is 9.53 Å². The number of rotatable bonds is 8. The summed E-state index contributed by atoms with van der Waals surface area (Å²) < 4.78 is 5.17. The molecule has 0 spiro atoms. The van der Waals surface area contributed by atoms with Crippen LogP contribution < -0.4 is 10.1 Å². The summed E-state index contributed by atoms with van der Waals surface area (Å²) in [6, 6.07) is 15.6. The number of carbonyl (C=O) groups excluding carboxylic acids is 1. The van der Waals surface area contributed by atoms with Crippen LogP contribution in [-0.2, 0) is 12.8 Å². The highest BCUT2D eigenvalue weighted by Crippen LogP contribution is 2.24. The molecule has 0 aliphatic carbocycles. The molecule has 0 atom stereocenters. The van der Waals surface area contributed by atoms with Crippen molar-refractivity contribution in [2.45, 2.75) is 24.7 Å². The number of carbonyl (C=O) groups is 1. The van der Waals surface area contributed by atoms with Crippen molar-refractivity contribution in [3.8, 4) is 5.75 Å². The molecule has 1 heterocycles. The monoisotopic (exact) mass is 399 g/mol. The van der Waals surface area contributed by atoms with Crippen molar-refractivity contribution >= 4 is 34.1 Å². The average molecular weight is 400 g/mol. The molecule has 0 saturated heterocycles. The first-order chi connectivity index (χ1) is 13.2. The van der Waals surface area contributed by atoms with Gasteiger partial charge in [-0.15, -0.1) is 22.0 Å². The minimum Gasteiger partial charge on any atom is -0.497 e. The lowest BCUT2D eigenvalue weighted by Crippen LogP contribution is -2.12. The number of anilines is 1. The normalized spacial score (nSPS) is 10.6. The number of nitrogens with one attached hydrogen (secondary N) is 1. The molecule has 1 N–H and O–H groups in total. The molecule has 27 heavy (non-hydrogen) atoms. The van der Waals surface area contributed by atoms with Crippen molar-refractivity contribution in [1.82, 2.24) is 10.2 Å². The van der Waals surface area contributed by atoms with E-state index in [4.69, 9.17) is 4.74 Å². The zero-order valence-electron chi connectivity index (χ0n) is 15.3. The Morgan fingerprint density at radius 1 is 1.11 bits per heavy atom. The van der Waals surface area contributed by atoms with Gasteiger partial charge in [0.15, 0.2) is 0 Å². The average Bonchev–Trinajstić information content (AvgIpc) is 3.14. The van der Waals surface area contributed by atoms with Crippen molar-refractivity contribution in [2.24, 2.45) is 0 Å². The minimum absolute atomic E-state index is 0.149. The Labute approximate surface area is 167 Å². The molecule has 0 saturated carbocycles. The smallest absolute Gasteiger partial charge is 0.258 e. The molecular weight excluding hydrogens is 378 g/mol. The first-order valence-electron chi connectivity index (χ1n) is 8.68. The van der Waals surface area contributed by atoms with Gasteiger partial charge in [-0.2, -0.15) is 0 Å². The van der Waals surface area contributed by atoms with Crippen LogP contribution in [0.3, 0.4) is 0 Å². The Bertz CT molecular complexity index is 894.